The summed E-state index contributed by atoms with van der Waals surface area (Å²) in [5.74, 6) is 0. The third-order valence-corrected chi connectivity index (χ3v) is 4.06. The molecular weight excluding hydrogens is 234 g/mol. The Kier molecular flexibility index (Phi) is 4.67. The zero-order chi connectivity index (χ0) is 14.8. The molecule has 2 heteroatoms. The second-order valence-corrected chi connectivity index (χ2v) is 7.10. The first-order chi connectivity index (χ1) is 8.59. The minimum Gasteiger partial charge on any atom is -0.396 e. The van der Waals surface area contributed by atoms with Crippen LogP contribution >= 0.6 is 0 Å². The van der Waals surface area contributed by atoms with Crippen molar-refractivity contribution < 1.29 is 5.11 Å². The normalized spacial score (nSPS) is 12.6. The fraction of sp³-hybridized carbons (Fsp3) is 0.647. The first kappa shape index (κ1) is 16.0. The lowest BCUT2D eigenvalue weighted by Crippen LogP contribution is -2.42. The summed E-state index contributed by atoms with van der Waals surface area (Å²) in [4.78, 5) is 2.27. The molecule has 0 saturated carbocycles. The summed E-state index contributed by atoms with van der Waals surface area (Å²) in [5, 5.41) is 9.19. The van der Waals surface area contributed by atoms with E-state index in [9.17, 15) is 5.11 Å². The van der Waals surface area contributed by atoms with Gasteiger partial charge < -0.3 is 10.0 Å². The van der Waals surface area contributed by atoms with Crippen LogP contribution in [0.2, 0.25) is 0 Å². The van der Waals surface area contributed by atoms with Crippen LogP contribution in [0.25, 0.3) is 0 Å². The van der Waals surface area contributed by atoms with E-state index in [-0.39, 0.29) is 17.6 Å². The average molecular weight is 263 g/mol. The molecule has 0 aromatic heterocycles. The summed E-state index contributed by atoms with van der Waals surface area (Å²) >= 11 is 0. The van der Waals surface area contributed by atoms with Gasteiger partial charge in [-0.3, -0.25) is 0 Å². The van der Waals surface area contributed by atoms with Gasteiger partial charge in [-0.1, -0.05) is 32.9 Å². The number of rotatable bonds is 4. The number of hydrogen-bond donors (Lipinski definition) is 1. The smallest absolute Gasteiger partial charge is 0.0453 e. The van der Waals surface area contributed by atoms with E-state index in [2.05, 4.69) is 71.7 Å². The first-order valence-electron chi connectivity index (χ1n) is 7.05. The Hall–Kier alpha value is -1.02. The van der Waals surface area contributed by atoms with Gasteiger partial charge in [-0.05, 0) is 49.8 Å². The molecule has 1 aromatic carbocycles. The fourth-order valence-electron chi connectivity index (χ4n) is 2.27. The van der Waals surface area contributed by atoms with Crippen molar-refractivity contribution in [3.63, 3.8) is 0 Å². The Morgan fingerprint density at radius 2 is 1.68 bits per heavy atom. The second-order valence-electron chi connectivity index (χ2n) is 7.10. The van der Waals surface area contributed by atoms with E-state index in [0.29, 0.717) is 0 Å². The van der Waals surface area contributed by atoms with E-state index in [1.54, 1.807) is 0 Å². The first-order valence-corrected chi connectivity index (χ1v) is 7.05. The number of hydrogen-bond acceptors (Lipinski definition) is 2. The number of benzene rings is 1. The van der Waals surface area contributed by atoms with Crippen molar-refractivity contribution in [3.8, 4) is 0 Å². The van der Waals surface area contributed by atoms with Crippen LogP contribution in [0.3, 0.4) is 0 Å². The highest BCUT2D eigenvalue weighted by molar-refractivity contribution is 5.56. The molecular formula is C17H29NO. The zero-order valence-corrected chi connectivity index (χ0v) is 13.5. The summed E-state index contributed by atoms with van der Waals surface area (Å²) < 4.78 is 0. The van der Waals surface area contributed by atoms with Gasteiger partial charge in [-0.15, -0.1) is 0 Å². The molecule has 0 spiro atoms. The molecule has 0 radical (unpaired) electrons. The molecule has 0 aliphatic carbocycles. The van der Waals surface area contributed by atoms with E-state index in [1.807, 2.05) is 0 Å². The van der Waals surface area contributed by atoms with Crippen molar-refractivity contribution in [3.05, 3.63) is 29.3 Å². The largest absolute Gasteiger partial charge is 0.396 e. The molecule has 0 atom stereocenters. The third-order valence-electron chi connectivity index (χ3n) is 4.06. The predicted octanol–water partition coefficient (Wildman–Crippen LogP) is 3.89. The summed E-state index contributed by atoms with van der Waals surface area (Å²) in [6.45, 7) is 13.4. The quantitative estimate of drug-likeness (QED) is 0.891. The monoisotopic (exact) mass is 263 g/mol. The molecule has 108 valence electrons. The SMILES string of the molecule is Cc1cc(C(C)(C)C)ccc1N(C)C(C)(C)CCO. The van der Waals surface area contributed by atoms with Crippen molar-refractivity contribution in [2.45, 2.75) is 58.9 Å². The number of aliphatic hydroxyl groups is 1. The van der Waals surface area contributed by atoms with Crippen LogP contribution in [0, 0.1) is 6.92 Å². The van der Waals surface area contributed by atoms with Gasteiger partial charge in [0.25, 0.3) is 0 Å². The average Bonchev–Trinajstić information content (AvgIpc) is 2.26. The molecule has 0 heterocycles. The van der Waals surface area contributed by atoms with Gasteiger partial charge in [-0.25, -0.2) is 0 Å². The van der Waals surface area contributed by atoms with Gasteiger partial charge >= 0.3 is 0 Å². The van der Waals surface area contributed by atoms with Crippen molar-refractivity contribution in [1.29, 1.82) is 0 Å². The van der Waals surface area contributed by atoms with E-state index < -0.39 is 0 Å². The number of aryl methyl sites for hydroxylation is 1. The molecule has 0 aliphatic heterocycles. The van der Waals surface area contributed by atoms with Gasteiger partial charge in [-0.2, -0.15) is 0 Å². The minimum absolute atomic E-state index is 0.0389. The Balaban J connectivity index is 3.10. The lowest BCUT2D eigenvalue weighted by atomic mass is 9.85. The molecule has 1 N–H and O–H groups in total. The van der Waals surface area contributed by atoms with E-state index in [1.165, 1.54) is 16.8 Å². The minimum atomic E-state index is -0.0389. The molecule has 0 amide bonds. The van der Waals surface area contributed by atoms with Crippen LogP contribution in [0.4, 0.5) is 5.69 Å². The summed E-state index contributed by atoms with van der Waals surface area (Å²) in [6.07, 6.45) is 0.768. The lowest BCUT2D eigenvalue weighted by Gasteiger charge is -2.38. The summed E-state index contributed by atoms with van der Waals surface area (Å²) in [6, 6.07) is 6.70. The molecule has 1 aromatic rings. The lowest BCUT2D eigenvalue weighted by molar-refractivity contribution is 0.250. The topological polar surface area (TPSA) is 23.5 Å². The highest BCUT2D eigenvalue weighted by atomic mass is 16.3. The highest BCUT2D eigenvalue weighted by Crippen LogP contribution is 2.31. The fourth-order valence-corrected chi connectivity index (χ4v) is 2.27. The van der Waals surface area contributed by atoms with E-state index in [0.717, 1.165) is 6.42 Å². The van der Waals surface area contributed by atoms with Gasteiger partial charge in [0.15, 0.2) is 0 Å². The number of anilines is 1. The van der Waals surface area contributed by atoms with Crippen LogP contribution in [0.15, 0.2) is 18.2 Å². The van der Waals surface area contributed by atoms with Crippen LogP contribution in [0.5, 0.6) is 0 Å². The maximum Gasteiger partial charge on any atom is 0.0453 e. The van der Waals surface area contributed by atoms with E-state index >= 15 is 0 Å². The Labute approximate surface area is 118 Å². The molecule has 1 rings (SSSR count). The maximum atomic E-state index is 9.19. The van der Waals surface area contributed by atoms with Gasteiger partial charge in [0, 0.05) is 24.9 Å². The highest BCUT2D eigenvalue weighted by Gasteiger charge is 2.25. The second kappa shape index (κ2) is 5.54. The van der Waals surface area contributed by atoms with E-state index in [4.69, 9.17) is 0 Å². The predicted molar refractivity (Wildman–Crippen MR) is 84.1 cm³/mol. The number of aliphatic hydroxyl groups excluding tert-OH is 1. The van der Waals surface area contributed by atoms with Gasteiger partial charge in [0.2, 0.25) is 0 Å². The summed E-state index contributed by atoms with van der Waals surface area (Å²) in [5.41, 5.74) is 4.04. The van der Waals surface area contributed by atoms with Crippen LogP contribution in [0.1, 0.15) is 52.2 Å². The van der Waals surface area contributed by atoms with Gasteiger partial charge in [0.1, 0.15) is 0 Å². The van der Waals surface area contributed by atoms with Crippen LogP contribution < -0.4 is 4.90 Å². The molecule has 0 bridgehead atoms. The summed E-state index contributed by atoms with van der Waals surface area (Å²) in [7, 11) is 2.11. The molecule has 0 fully saturated rings. The third kappa shape index (κ3) is 3.73. The van der Waals surface area contributed by atoms with Crippen molar-refractivity contribution in [2.24, 2.45) is 0 Å². The molecule has 0 saturated heterocycles. The molecule has 0 aliphatic rings. The number of nitrogens with zero attached hydrogens (tertiary/aromatic N) is 1. The standard InChI is InChI=1S/C17H29NO/c1-13-12-14(16(2,3)4)8-9-15(13)18(7)17(5,6)10-11-19/h8-9,12,19H,10-11H2,1-7H3. The Morgan fingerprint density at radius 1 is 1.11 bits per heavy atom. The van der Waals surface area contributed by atoms with Gasteiger partial charge in [0.05, 0.1) is 0 Å². The maximum absolute atomic E-state index is 9.19. The van der Waals surface area contributed by atoms with Crippen molar-refractivity contribution in [2.75, 3.05) is 18.6 Å². The molecule has 19 heavy (non-hydrogen) atoms. The molecule has 2 nitrogen and oxygen atoms in total. The molecule has 0 unspecified atom stereocenters. The van der Waals surface area contributed by atoms with Crippen LogP contribution in [-0.2, 0) is 5.41 Å². The Bertz CT molecular complexity index is 429. The zero-order valence-electron chi connectivity index (χ0n) is 13.5. The van der Waals surface area contributed by atoms with Crippen LogP contribution in [-0.4, -0.2) is 24.3 Å². The van der Waals surface area contributed by atoms with Crippen molar-refractivity contribution in [1.82, 2.24) is 0 Å². The van der Waals surface area contributed by atoms with Crippen molar-refractivity contribution >= 4 is 5.69 Å². The Morgan fingerprint density at radius 3 is 2.11 bits per heavy atom.